The van der Waals surface area contributed by atoms with Crippen molar-refractivity contribution in [2.75, 3.05) is 25.5 Å². The molecule has 0 bridgehead atoms. The summed E-state index contributed by atoms with van der Waals surface area (Å²) in [6, 6.07) is 21.0. The Morgan fingerprint density at radius 2 is 1.80 bits per heavy atom. The Morgan fingerprint density at radius 1 is 0.971 bits per heavy atom. The number of aliphatic hydroxyl groups is 1. The van der Waals surface area contributed by atoms with Gasteiger partial charge in [-0.1, -0.05) is 30.0 Å². The molecule has 1 saturated heterocycles. The number of fused-ring (bicyclic) bond motifs is 1. The van der Waals surface area contributed by atoms with Gasteiger partial charge in [-0.05, 0) is 68.4 Å². The minimum Gasteiger partial charge on any atom is -0.493 e. The zero-order valence-corrected chi connectivity index (χ0v) is 19.4. The Balaban J connectivity index is 1.41. The number of methoxy groups -OCH3 is 1. The highest BCUT2D eigenvalue weighted by Gasteiger charge is 2.26. The van der Waals surface area contributed by atoms with Gasteiger partial charge >= 0.3 is 0 Å². The number of piperidine rings is 1. The van der Waals surface area contributed by atoms with E-state index in [4.69, 9.17) is 9.47 Å². The lowest BCUT2D eigenvalue weighted by atomic mass is 9.93. The normalized spacial score (nSPS) is 14.6. The Bertz CT molecular complexity index is 1390. The molecular formula is C28H26N4O3. The highest BCUT2D eigenvalue weighted by molar-refractivity contribution is 5.91. The van der Waals surface area contributed by atoms with Gasteiger partial charge in [0.05, 0.1) is 12.6 Å². The number of hydrogen-bond acceptors (Lipinski definition) is 7. The average molecular weight is 467 g/mol. The van der Waals surface area contributed by atoms with Gasteiger partial charge in [0.1, 0.15) is 23.5 Å². The number of nitrogens with zero attached hydrogens (tertiary/aromatic N) is 2. The summed E-state index contributed by atoms with van der Waals surface area (Å²) in [5, 5.41) is 18.1. The third kappa shape index (κ3) is 5.35. The first-order valence-electron chi connectivity index (χ1n) is 11.5. The molecule has 0 saturated carbocycles. The third-order valence-electron chi connectivity index (χ3n) is 5.90. The minimum absolute atomic E-state index is 0.596. The smallest absolute Gasteiger partial charge is 0.169 e. The predicted octanol–water partition coefficient (Wildman–Crippen LogP) is 4.64. The van der Waals surface area contributed by atoms with Crippen molar-refractivity contribution in [2.24, 2.45) is 0 Å². The van der Waals surface area contributed by atoms with E-state index < -0.39 is 5.60 Å². The number of rotatable bonds is 5. The average Bonchev–Trinajstić information content (AvgIpc) is 2.89. The monoisotopic (exact) mass is 466 g/mol. The van der Waals surface area contributed by atoms with Crippen LogP contribution in [0.4, 0.5) is 11.5 Å². The van der Waals surface area contributed by atoms with Crippen LogP contribution in [0.3, 0.4) is 0 Å². The zero-order valence-electron chi connectivity index (χ0n) is 19.4. The molecule has 5 rings (SSSR count). The van der Waals surface area contributed by atoms with Crippen molar-refractivity contribution in [3.63, 3.8) is 0 Å². The van der Waals surface area contributed by atoms with Gasteiger partial charge in [-0.25, -0.2) is 9.97 Å². The molecule has 3 aromatic carbocycles. The maximum absolute atomic E-state index is 10.7. The Labute approximate surface area is 204 Å². The summed E-state index contributed by atoms with van der Waals surface area (Å²) in [6.45, 7) is 1.53. The van der Waals surface area contributed by atoms with E-state index in [1.165, 1.54) is 6.33 Å². The van der Waals surface area contributed by atoms with Crippen molar-refractivity contribution in [1.29, 1.82) is 0 Å². The number of nitrogens with one attached hydrogen (secondary N) is 2. The van der Waals surface area contributed by atoms with Crippen molar-refractivity contribution in [2.45, 2.75) is 18.4 Å². The number of benzene rings is 3. The second kappa shape index (κ2) is 10.0. The maximum Gasteiger partial charge on any atom is 0.169 e. The number of para-hydroxylation sites is 1. The van der Waals surface area contributed by atoms with E-state index >= 15 is 0 Å². The highest BCUT2D eigenvalue weighted by atomic mass is 16.5. The quantitative estimate of drug-likeness (QED) is 0.369. The molecule has 0 radical (unpaired) electrons. The Kier molecular flexibility index (Phi) is 6.49. The molecule has 1 aliphatic heterocycles. The number of aromatic nitrogens is 2. The van der Waals surface area contributed by atoms with Crippen LogP contribution in [-0.4, -0.2) is 40.9 Å². The van der Waals surface area contributed by atoms with Crippen molar-refractivity contribution >= 4 is 22.4 Å². The predicted molar refractivity (Wildman–Crippen MR) is 136 cm³/mol. The second-order valence-electron chi connectivity index (χ2n) is 8.39. The number of ether oxygens (including phenoxy) is 2. The summed E-state index contributed by atoms with van der Waals surface area (Å²) < 4.78 is 11.5. The standard InChI is InChI=1S/C28H26N4O3/c1-34-26-18-21(8-10-25(26)35-22-5-3-2-4-6-22)32-27-23-17-20(7-9-24(23)30-19-31-27)11-12-28(33)13-15-29-16-14-28/h2-10,17-19,29,33H,13-16H2,1H3,(H,30,31,32). The van der Waals surface area contributed by atoms with Crippen LogP contribution < -0.4 is 20.1 Å². The van der Waals surface area contributed by atoms with Crippen LogP contribution in [-0.2, 0) is 0 Å². The molecule has 1 fully saturated rings. The summed E-state index contributed by atoms with van der Waals surface area (Å²) in [7, 11) is 1.61. The van der Waals surface area contributed by atoms with Gasteiger partial charge in [-0.3, -0.25) is 0 Å². The summed E-state index contributed by atoms with van der Waals surface area (Å²) in [5.41, 5.74) is 1.44. The van der Waals surface area contributed by atoms with Gasteiger partial charge in [-0.15, -0.1) is 0 Å². The van der Waals surface area contributed by atoms with Gasteiger partial charge in [0.15, 0.2) is 11.5 Å². The molecule has 2 heterocycles. The molecule has 4 aromatic rings. The van der Waals surface area contributed by atoms with Crippen molar-refractivity contribution in [3.8, 4) is 29.1 Å². The first-order valence-corrected chi connectivity index (χ1v) is 11.5. The summed E-state index contributed by atoms with van der Waals surface area (Å²) in [6.07, 6.45) is 2.77. The number of anilines is 2. The Hall–Kier alpha value is -4.12. The van der Waals surface area contributed by atoms with Gasteiger partial charge < -0.3 is 25.2 Å². The van der Waals surface area contributed by atoms with Gasteiger partial charge in [0.25, 0.3) is 0 Å². The molecule has 0 unspecified atom stereocenters. The van der Waals surface area contributed by atoms with E-state index in [1.807, 2.05) is 66.7 Å². The third-order valence-corrected chi connectivity index (χ3v) is 5.90. The fraction of sp³-hybridized carbons (Fsp3) is 0.214. The van der Waals surface area contributed by atoms with Crippen LogP contribution in [0, 0.1) is 11.8 Å². The van der Waals surface area contributed by atoms with Crippen LogP contribution in [0.25, 0.3) is 10.9 Å². The molecule has 7 heteroatoms. The minimum atomic E-state index is -0.950. The van der Waals surface area contributed by atoms with Gasteiger partial charge in [0, 0.05) is 22.7 Å². The molecule has 0 spiro atoms. The van der Waals surface area contributed by atoms with E-state index in [0.29, 0.717) is 30.2 Å². The lowest BCUT2D eigenvalue weighted by molar-refractivity contribution is 0.0679. The van der Waals surface area contributed by atoms with Crippen molar-refractivity contribution < 1.29 is 14.6 Å². The van der Waals surface area contributed by atoms with Crippen molar-refractivity contribution in [1.82, 2.24) is 15.3 Å². The van der Waals surface area contributed by atoms with Crippen molar-refractivity contribution in [3.05, 3.63) is 78.6 Å². The topological polar surface area (TPSA) is 88.5 Å². The molecule has 1 aromatic heterocycles. The van der Waals surface area contributed by atoms with E-state index in [2.05, 4.69) is 32.4 Å². The van der Waals surface area contributed by atoms with Crippen LogP contribution >= 0.6 is 0 Å². The molecular weight excluding hydrogens is 440 g/mol. The fourth-order valence-electron chi connectivity index (χ4n) is 3.97. The molecule has 1 aliphatic rings. The van der Waals surface area contributed by atoms with Crippen LogP contribution in [0.1, 0.15) is 18.4 Å². The summed E-state index contributed by atoms with van der Waals surface area (Å²) >= 11 is 0. The zero-order chi connectivity index (χ0) is 24.1. The summed E-state index contributed by atoms with van der Waals surface area (Å²) in [4.78, 5) is 8.83. The van der Waals surface area contributed by atoms with Crippen LogP contribution in [0.5, 0.6) is 17.2 Å². The fourth-order valence-corrected chi connectivity index (χ4v) is 3.97. The maximum atomic E-state index is 10.7. The molecule has 3 N–H and O–H groups in total. The van der Waals surface area contributed by atoms with E-state index in [9.17, 15) is 5.11 Å². The number of hydrogen-bond donors (Lipinski definition) is 3. The van der Waals surface area contributed by atoms with Gasteiger partial charge in [0.2, 0.25) is 0 Å². The van der Waals surface area contributed by atoms with E-state index in [0.717, 1.165) is 41.0 Å². The first kappa shape index (κ1) is 22.7. The van der Waals surface area contributed by atoms with E-state index in [-0.39, 0.29) is 0 Å². The molecule has 35 heavy (non-hydrogen) atoms. The lowest BCUT2D eigenvalue weighted by Crippen LogP contribution is -2.40. The summed E-state index contributed by atoms with van der Waals surface area (Å²) in [5.74, 6) is 8.80. The molecule has 0 atom stereocenters. The largest absolute Gasteiger partial charge is 0.493 e. The molecule has 0 amide bonds. The highest BCUT2D eigenvalue weighted by Crippen LogP contribution is 2.35. The van der Waals surface area contributed by atoms with E-state index in [1.54, 1.807) is 7.11 Å². The van der Waals surface area contributed by atoms with Crippen LogP contribution in [0.2, 0.25) is 0 Å². The van der Waals surface area contributed by atoms with Gasteiger partial charge in [-0.2, -0.15) is 0 Å². The second-order valence-corrected chi connectivity index (χ2v) is 8.39. The SMILES string of the molecule is COc1cc(Nc2ncnc3ccc(C#CC4(O)CCNCC4)cc23)ccc1Oc1ccccc1. The Morgan fingerprint density at radius 3 is 2.60 bits per heavy atom. The molecule has 7 nitrogen and oxygen atoms in total. The lowest BCUT2D eigenvalue weighted by Gasteiger charge is -2.27. The molecule has 176 valence electrons. The van der Waals surface area contributed by atoms with Crippen LogP contribution in [0.15, 0.2) is 73.1 Å². The first-order chi connectivity index (χ1) is 17.1. The molecule has 0 aliphatic carbocycles.